The van der Waals surface area contributed by atoms with E-state index < -0.39 is 0 Å². The lowest BCUT2D eigenvalue weighted by Gasteiger charge is -2.02. The summed E-state index contributed by atoms with van der Waals surface area (Å²) >= 11 is 7.56. The number of halogens is 1. The summed E-state index contributed by atoms with van der Waals surface area (Å²) in [6.45, 7) is 3.95. The molecule has 3 aromatic rings. The number of hydrogen-bond donors (Lipinski definition) is 0. The highest BCUT2D eigenvalue weighted by Gasteiger charge is 2.15. The summed E-state index contributed by atoms with van der Waals surface area (Å²) in [6, 6.07) is 11.3. The third-order valence-corrected chi connectivity index (χ3v) is 4.34. The van der Waals surface area contributed by atoms with Gasteiger partial charge in [0.05, 0.1) is 5.39 Å². The van der Waals surface area contributed by atoms with Gasteiger partial charge in [0.1, 0.15) is 9.98 Å². The summed E-state index contributed by atoms with van der Waals surface area (Å²) in [5.41, 5.74) is 0.892. The minimum atomic E-state index is -0.251. The van der Waals surface area contributed by atoms with E-state index in [0.717, 1.165) is 5.56 Å². The Balaban J connectivity index is 1.94. The maximum atomic E-state index is 11.8. The van der Waals surface area contributed by atoms with E-state index in [4.69, 9.17) is 16.3 Å². The largest absolute Gasteiger partial charge is 0.415 e. The van der Waals surface area contributed by atoms with E-state index in [2.05, 4.69) is 9.97 Å². The van der Waals surface area contributed by atoms with Crippen LogP contribution in [0.1, 0.15) is 20.3 Å². The second kappa shape index (κ2) is 6.64. The number of carbonyl (C=O) groups excluding carboxylic acids is 1. The summed E-state index contributed by atoms with van der Waals surface area (Å²) in [5.74, 6) is 0.564. The molecule has 1 aromatic carbocycles. The highest BCUT2D eigenvalue weighted by atomic mass is 35.5. The first-order valence-corrected chi connectivity index (χ1v) is 8.45. The van der Waals surface area contributed by atoms with E-state index in [1.54, 1.807) is 6.07 Å². The van der Waals surface area contributed by atoms with Crippen molar-refractivity contribution in [2.24, 2.45) is 5.92 Å². The molecule has 2 heterocycles. The SMILES string of the molecule is CC(C)CC(=O)Oc1cc2c(Cl)nc(-c3ccccc3)nc2s1. The van der Waals surface area contributed by atoms with Crippen molar-refractivity contribution in [1.82, 2.24) is 9.97 Å². The van der Waals surface area contributed by atoms with Crippen LogP contribution in [0.2, 0.25) is 5.15 Å². The van der Waals surface area contributed by atoms with Crippen molar-refractivity contribution >= 4 is 39.1 Å². The number of rotatable bonds is 4. The van der Waals surface area contributed by atoms with Crippen LogP contribution in [0.3, 0.4) is 0 Å². The molecular formula is C17H15ClN2O2S. The van der Waals surface area contributed by atoms with Crippen LogP contribution in [0, 0.1) is 5.92 Å². The quantitative estimate of drug-likeness (QED) is 0.494. The van der Waals surface area contributed by atoms with Crippen LogP contribution >= 0.6 is 22.9 Å². The van der Waals surface area contributed by atoms with Crippen LogP contribution in [0.4, 0.5) is 0 Å². The number of ether oxygens (including phenoxy) is 1. The fourth-order valence-electron chi connectivity index (χ4n) is 2.12. The molecule has 23 heavy (non-hydrogen) atoms. The van der Waals surface area contributed by atoms with Gasteiger partial charge in [-0.25, -0.2) is 9.97 Å². The zero-order valence-corrected chi connectivity index (χ0v) is 14.3. The van der Waals surface area contributed by atoms with Crippen LogP contribution in [0.5, 0.6) is 5.06 Å². The third-order valence-electron chi connectivity index (χ3n) is 3.14. The fourth-order valence-corrected chi connectivity index (χ4v) is 3.30. The number of esters is 1. The molecule has 0 saturated heterocycles. The van der Waals surface area contributed by atoms with E-state index in [0.29, 0.717) is 32.7 Å². The Kier molecular flexibility index (Phi) is 4.59. The molecule has 0 saturated carbocycles. The molecule has 0 N–H and O–H groups in total. The number of hydrogen-bond acceptors (Lipinski definition) is 5. The molecule has 0 aliphatic rings. The van der Waals surface area contributed by atoms with E-state index in [-0.39, 0.29) is 11.9 Å². The predicted molar refractivity (Wildman–Crippen MR) is 93.0 cm³/mol. The zero-order chi connectivity index (χ0) is 16.4. The van der Waals surface area contributed by atoms with Gasteiger partial charge in [-0.2, -0.15) is 0 Å². The van der Waals surface area contributed by atoms with E-state index >= 15 is 0 Å². The second-order valence-electron chi connectivity index (χ2n) is 5.56. The van der Waals surface area contributed by atoms with Crippen LogP contribution in [0.25, 0.3) is 21.6 Å². The van der Waals surface area contributed by atoms with Gasteiger partial charge in [0.25, 0.3) is 0 Å². The average molecular weight is 347 g/mol. The van der Waals surface area contributed by atoms with E-state index in [1.807, 2.05) is 44.2 Å². The van der Waals surface area contributed by atoms with E-state index in [1.165, 1.54) is 11.3 Å². The number of carbonyl (C=O) groups is 1. The molecule has 118 valence electrons. The molecule has 0 atom stereocenters. The summed E-state index contributed by atoms with van der Waals surface area (Å²) in [4.78, 5) is 21.4. The lowest BCUT2D eigenvalue weighted by Crippen LogP contribution is -2.09. The van der Waals surface area contributed by atoms with E-state index in [9.17, 15) is 4.79 Å². The summed E-state index contributed by atoms with van der Waals surface area (Å²) in [7, 11) is 0. The lowest BCUT2D eigenvalue weighted by atomic mass is 10.1. The Bertz CT molecular complexity index is 846. The van der Waals surface area contributed by atoms with Crippen molar-refractivity contribution < 1.29 is 9.53 Å². The van der Waals surface area contributed by atoms with Gasteiger partial charge in [-0.3, -0.25) is 4.79 Å². The average Bonchev–Trinajstić information content (AvgIpc) is 2.90. The highest BCUT2D eigenvalue weighted by Crippen LogP contribution is 2.35. The number of fused-ring (bicyclic) bond motifs is 1. The molecule has 4 nitrogen and oxygen atoms in total. The van der Waals surface area contributed by atoms with Gasteiger partial charge in [-0.1, -0.05) is 67.1 Å². The van der Waals surface area contributed by atoms with Gasteiger partial charge in [0.2, 0.25) is 0 Å². The number of benzene rings is 1. The van der Waals surface area contributed by atoms with Gasteiger partial charge in [0.15, 0.2) is 10.9 Å². The Morgan fingerprint density at radius 2 is 2.00 bits per heavy atom. The maximum absolute atomic E-state index is 11.8. The van der Waals surface area contributed by atoms with Gasteiger partial charge < -0.3 is 4.74 Å². The number of nitrogens with zero attached hydrogens (tertiary/aromatic N) is 2. The molecule has 0 unspecified atom stereocenters. The molecule has 3 rings (SSSR count). The summed E-state index contributed by atoms with van der Waals surface area (Å²) in [5, 5.41) is 1.55. The van der Waals surface area contributed by atoms with Crippen molar-refractivity contribution in [3.05, 3.63) is 41.6 Å². The van der Waals surface area contributed by atoms with Gasteiger partial charge in [-0.15, -0.1) is 0 Å². The molecule has 0 fully saturated rings. The molecule has 2 aromatic heterocycles. The first-order valence-electron chi connectivity index (χ1n) is 7.26. The molecular weight excluding hydrogens is 332 g/mol. The minimum Gasteiger partial charge on any atom is -0.415 e. The molecule has 0 amide bonds. The fraction of sp³-hybridized carbons (Fsp3) is 0.235. The van der Waals surface area contributed by atoms with Gasteiger partial charge >= 0.3 is 5.97 Å². The molecule has 0 aliphatic carbocycles. The standard InChI is InChI=1S/C17H15ClN2O2S/c1-10(2)8-13(21)22-14-9-12-15(18)19-16(20-17(12)23-14)11-6-4-3-5-7-11/h3-7,9-10H,8H2,1-2H3. The molecule has 6 heteroatoms. The Hall–Kier alpha value is -1.98. The number of aromatic nitrogens is 2. The normalized spacial score (nSPS) is 11.1. The molecule has 0 spiro atoms. The molecule has 0 aliphatic heterocycles. The number of thiophene rings is 1. The highest BCUT2D eigenvalue weighted by molar-refractivity contribution is 7.20. The summed E-state index contributed by atoms with van der Waals surface area (Å²) in [6.07, 6.45) is 0.378. The van der Waals surface area contributed by atoms with Crippen molar-refractivity contribution in [3.8, 4) is 16.5 Å². The first-order chi connectivity index (χ1) is 11.0. The van der Waals surface area contributed by atoms with Crippen molar-refractivity contribution in [2.75, 3.05) is 0 Å². The smallest absolute Gasteiger partial charge is 0.312 e. The molecule has 0 bridgehead atoms. The first kappa shape index (κ1) is 15.9. The predicted octanol–water partition coefficient (Wildman–Crippen LogP) is 4.96. The van der Waals surface area contributed by atoms with Crippen molar-refractivity contribution in [1.29, 1.82) is 0 Å². The second-order valence-corrected chi connectivity index (χ2v) is 6.91. The maximum Gasteiger partial charge on any atom is 0.312 e. The van der Waals surface area contributed by atoms with Gasteiger partial charge in [-0.05, 0) is 5.92 Å². The Labute approximate surface area is 143 Å². The van der Waals surface area contributed by atoms with Crippen LogP contribution in [-0.4, -0.2) is 15.9 Å². The topological polar surface area (TPSA) is 52.1 Å². The monoisotopic (exact) mass is 346 g/mol. The van der Waals surface area contributed by atoms with Crippen molar-refractivity contribution in [2.45, 2.75) is 20.3 Å². The van der Waals surface area contributed by atoms with Crippen LogP contribution in [0.15, 0.2) is 36.4 Å². The minimum absolute atomic E-state index is 0.251. The lowest BCUT2D eigenvalue weighted by molar-refractivity contribution is -0.134. The third kappa shape index (κ3) is 3.68. The molecule has 0 radical (unpaired) electrons. The Morgan fingerprint density at radius 3 is 2.70 bits per heavy atom. The van der Waals surface area contributed by atoms with Crippen LogP contribution in [-0.2, 0) is 4.79 Å². The Morgan fingerprint density at radius 1 is 1.26 bits per heavy atom. The zero-order valence-electron chi connectivity index (χ0n) is 12.7. The summed E-state index contributed by atoms with van der Waals surface area (Å²) < 4.78 is 5.36. The van der Waals surface area contributed by atoms with Crippen molar-refractivity contribution in [3.63, 3.8) is 0 Å². The van der Waals surface area contributed by atoms with Crippen LogP contribution < -0.4 is 4.74 Å². The van der Waals surface area contributed by atoms with Gasteiger partial charge in [0, 0.05) is 18.1 Å².